The van der Waals surface area contributed by atoms with Gasteiger partial charge in [0.05, 0.1) is 35.9 Å². The first-order valence-corrected chi connectivity index (χ1v) is 30.2. The minimum atomic E-state index is -2.31. The molecule has 0 aliphatic carbocycles. The molecule has 0 aromatic carbocycles. The number of methoxy groups -OCH3 is 1. The van der Waals surface area contributed by atoms with Crippen molar-refractivity contribution >= 4 is 42.7 Å². The van der Waals surface area contributed by atoms with E-state index in [0.717, 1.165) is 6.42 Å². The van der Waals surface area contributed by atoms with E-state index in [1.807, 2.05) is 68.1 Å². The molecule has 314 valence electrons. The van der Waals surface area contributed by atoms with Crippen molar-refractivity contribution in [3.8, 4) is 0 Å². The lowest BCUT2D eigenvalue weighted by Crippen LogP contribution is -2.59. The van der Waals surface area contributed by atoms with Gasteiger partial charge in [-0.1, -0.05) is 27.7 Å². The van der Waals surface area contributed by atoms with Crippen LogP contribution in [-0.2, 0) is 51.3 Å². The Labute approximate surface area is 330 Å². The van der Waals surface area contributed by atoms with Crippen LogP contribution in [0.3, 0.4) is 0 Å². The van der Waals surface area contributed by atoms with Gasteiger partial charge in [-0.25, -0.2) is 0 Å². The third-order valence-electron chi connectivity index (χ3n) is 10.2. The number of esters is 2. The quantitative estimate of drug-likeness (QED) is 0.140. The molecule has 0 radical (unpaired) electrons. The summed E-state index contributed by atoms with van der Waals surface area (Å²) in [4.78, 5) is 41.2. The smallest absolute Gasteiger partial charge is 0.311 e. The van der Waals surface area contributed by atoms with Gasteiger partial charge in [0.1, 0.15) is 18.3 Å². The van der Waals surface area contributed by atoms with E-state index in [1.165, 1.54) is 6.92 Å². The van der Waals surface area contributed by atoms with E-state index in [4.69, 9.17) is 37.0 Å². The van der Waals surface area contributed by atoms with Crippen molar-refractivity contribution in [1.29, 1.82) is 0 Å². The fourth-order valence-electron chi connectivity index (χ4n) is 8.07. The van der Waals surface area contributed by atoms with Crippen molar-refractivity contribution in [2.24, 2.45) is 23.7 Å². The van der Waals surface area contributed by atoms with E-state index in [0.29, 0.717) is 6.42 Å². The van der Waals surface area contributed by atoms with Crippen LogP contribution in [0.2, 0.25) is 58.9 Å². The Kier molecular flexibility index (Phi) is 17.2. The van der Waals surface area contributed by atoms with E-state index in [1.54, 1.807) is 13.2 Å². The summed E-state index contributed by atoms with van der Waals surface area (Å²) in [6.07, 6.45) is -0.0635. The van der Waals surface area contributed by atoms with E-state index in [9.17, 15) is 14.4 Å². The summed E-state index contributed by atoms with van der Waals surface area (Å²) in [5.41, 5.74) is -2.02. The summed E-state index contributed by atoms with van der Waals surface area (Å²) < 4.78 is 52.6. The average Bonchev–Trinajstić information content (AvgIpc) is 3.01. The Morgan fingerprint density at radius 2 is 1.44 bits per heavy atom. The largest absolute Gasteiger partial charge is 0.461 e. The van der Waals surface area contributed by atoms with Gasteiger partial charge in [0, 0.05) is 31.4 Å². The molecule has 0 saturated carbocycles. The summed E-state index contributed by atoms with van der Waals surface area (Å²) in [7, 11) is -5.02. The van der Waals surface area contributed by atoms with Crippen molar-refractivity contribution in [3.63, 3.8) is 0 Å². The van der Waals surface area contributed by atoms with Crippen LogP contribution in [0.5, 0.6) is 0 Å². The van der Waals surface area contributed by atoms with Gasteiger partial charge in [0.25, 0.3) is 0 Å². The summed E-state index contributed by atoms with van der Waals surface area (Å²) in [6, 6.07) is 0. The van der Waals surface area contributed by atoms with Crippen LogP contribution < -0.4 is 0 Å². The molecular formula is C40H76O11Si3. The van der Waals surface area contributed by atoms with Crippen LogP contribution in [0.4, 0.5) is 0 Å². The number of hydrogen-bond acceptors (Lipinski definition) is 11. The number of cyclic esters (lactones) is 1. The fourth-order valence-corrected chi connectivity index (χ4v) is 12.0. The van der Waals surface area contributed by atoms with Gasteiger partial charge in [-0.15, -0.1) is 0 Å². The number of ketones is 1. The highest BCUT2D eigenvalue weighted by atomic mass is 28.4. The molecule has 0 spiro atoms. The van der Waals surface area contributed by atoms with E-state index in [-0.39, 0.29) is 42.5 Å². The zero-order chi connectivity index (χ0) is 41.8. The Bertz CT molecular complexity index is 1310. The van der Waals surface area contributed by atoms with Gasteiger partial charge in [-0.2, -0.15) is 0 Å². The third-order valence-corrected chi connectivity index (χ3v) is 13.3. The van der Waals surface area contributed by atoms with E-state index in [2.05, 4.69) is 46.2 Å². The van der Waals surface area contributed by atoms with Gasteiger partial charge in [-0.05, 0) is 118 Å². The molecular weight excluding hydrogens is 741 g/mol. The molecule has 1 fully saturated rings. The summed E-state index contributed by atoms with van der Waals surface area (Å²) in [5.74, 6) is -2.79. The number of hydrogen-bond donors (Lipinski definition) is 0. The second kappa shape index (κ2) is 19.0. The van der Waals surface area contributed by atoms with Gasteiger partial charge >= 0.3 is 11.9 Å². The zero-order valence-electron chi connectivity index (χ0n) is 37.2. The van der Waals surface area contributed by atoms with Crippen molar-refractivity contribution in [1.82, 2.24) is 0 Å². The second-order valence-electron chi connectivity index (χ2n) is 19.3. The monoisotopic (exact) mass is 816 g/mol. The van der Waals surface area contributed by atoms with Gasteiger partial charge in [-0.3, -0.25) is 14.4 Å². The lowest BCUT2D eigenvalue weighted by molar-refractivity contribution is -0.297. The molecule has 11 nitrogen and oxygen atoms in total. The summed E-state index contributed by atoms with van der Waals surface area (Å²) in [5, 5.41) is 0. The molecule has 54 heavy (non-hydrogen) atoms. The van der Waals surface area contributed by atoms with Crippen LogP contribution in [0.15, 0.2) is 11.6 Å². The Morgan fingerprint density at radius 3 is 1.93 bits per heavy atom. The van der Waals surface area contributed by atoms with Crippen molar-refractivity contribution in [2.45, 2.75) is 189 Å². The first-order chi connectivity index (χ1) is 24.5. The first kappa shape index (κ1) is 48.9. The number of carbonyl (C=O) groups is 3. The molecule has 0 N–H and O–H groups in total. The van der Waals surface area contributed by atoms with Crippen LogP contribution in [0.1, 0.15) is 81.6 Å². The number of carbonyl (C=O) groups excluding carboxylic acids is 3. The lowest BCUT2D eigenvalue weighted by Gasteiger charge is -2.49. The second-order valence-corrected chi connectivity index (χ2v) is 32.6. The summed E-state index contributed by atoms with van der Waals surface area (Å²) >= 11 is 0. The molecule has 12 atom stereocenters. The standard InChI is InChI=1S/C40H76O11Si3/c1-20-32-39(8,51-54(17,18)19)23-31(24-45-30(7)41)33(42)26(3)22-40(9,44-10)36(28(5)35(50-53(14,15)16)29(6)37(43)47-32)48-38-34(49-52(11,12)13)25(2)21-27(4)46-38/h23,25-29,32,34-36,38H,20-22,24H2,1-19H3/b31-23+/t25-,26+,27+,28-,29+,32+,34+,35-,36+,38?,39-,40-/m0/s1. The van der Waals surface area contributed by atoms with Crippen LogP contribution in [-0.4, -0.2) is 104 Å². The third kappa shape index (κ3) is 14.0. The predicted octanol–water partition coefficient (Wildman–Crippen LogP) is 8.29. The van der Waals surface area contributed by atoms with Crippen molar-refractivity contribution < 1.29 is 51.3 Å². The molecule has 14 heteroatoms. The molecule has 0 amide bonds. The normalized spacial score (nSPS) is 37.9. The fraction of sp³-hybridized carbons (Fsp3) is 0.875. The molecule has 1 unspecified atom stereocenters. The van der Waals surface area contributed by atoms with Crippen molar-refractivity contribution in [2.75, 3.05) is 13.7 Å². The maximum atomic E-state index is 14.7. The Morgan fingerprint density at radius 1 is 0.889 bits per heavy atom. The molecule has 2 aliphatic rings. The maximum absolute atomic E-state index is 14.7. The summed E-state index contributed by atoms with van der Waals surface area (Å²) in [6.45, 7) is 35.6. The zero-order valence-corrected chi connectivity index (χ0v) is 40.2. The molecule has 0 aromatic rings. The Balaban J connectivity index is 2.95. The molecule has 0 bridgehead atoms. The number of ether oxygens (including phenoxy) is 5. The molecule has 0 aromatic heterocycles. The predicted molar refractivity (Wildman–Crippen MR) is 220 cm³/mol. The topological polar surface area (TPSA) is 125 Å². The van der Waals surface area contributed by atoms with E-state index < -0.39 is 90.4 Å². The van der Waals surface area contributed by atoms with Gasteiger partial charge in [0.2, 0.25) is 0 Å². The minimum absolute atomic E-state index is 0.0785. The van der Waals surface area contributed by atoms with Crippen LogP contribution in [0, 0.1) is 23.7 Å². The maximum Gasteiger partial charge on any atom is 0.311 e. The minimum Gasteiger partial charge on any atom is -0.461 e. The molecule has 2 aliphatic heterocycles. The van der Waals surface area contributed by atoms with E-state index >= 15 is 0 Å². The molecule has 1 saturated heterocycles. The van der Waals surface area contributed by atoms with Crippen LogP contribution in [0.25, 0.3) is 0 Å². The molecule has 2 heterocycles. The van der Waals surface area contributed by atoms with Crippen molar-refractivity contribution in [3.05, 3.63) is 11.6 Å². The highest BCUT2D eigenvalue weighted by molar-refractivity contribution is 6.70. The highest BCUT2D eigenvalue weighted by Crippen LogP contribution is 2.41. The van der Waals surface area contributed by atoms with Gasteiger partial charge < -0.3 is 37.0 Å². The lowest BCUT2D eigenvalue weighted by atomic mass is 9.76. The SMILES string of the molecule is CC[C@H]1OC(=O)[C@H](C)[C@@H](O[Si](C)(C)C)[C@H](C)[C@@H](OC2O[C@H](C)C[C@H](C)[C@H]2O[Si](C)(C)C)[C@@](C)(OC)C[C@@H](C)C(=O)/C(COC(C)=O)=C/[C@]1(C)O[Si](C)(C)C. The average molecular weight is 817 g/mol. The Hall–Kier alpha value is -1.24. The highest BCUT2D eigenvalue weighted by Gasteiger charge is 2.51. The number of Topliss-reactive ketones (excluding diaryl/α,β-unsaturated/α-hetero) is 1. The molecule has 2 rings (SSSR count). The van der Waals surface area contributed by atoms with Gasteiger partial charge in [0.15, 0.2) is 37.0 Å². The number of rotatable bonds is 12. The first-order valence-electron chi connectivity index (χ1n) is 20.0. The van der Waals surface area contributed by atoms with Crippen LogP contribution >= 0.6 is 0 Å².